The summed E-state index contributed by atoms with van der Waals surface area (Å²) in [4.78, 5) is 17.7. The first-order valence-electron chi connectivity index (χ1n) is 20.8. The summed E-state index contributed by atoms with van der Waals surface area (Å²) in [6.45, 7) is 12.1. The van der Waals surface area contributed by atoms with E-state index in [9.17, 15) is 4.79 Å². The summed E-state index contributed by atoms with van der Waals surface area (Å²) in [6.07, 6.45) is 46.7. The Morgan fingerprint density at radius 3 is 1.43 bits per heavy atom. The first kappa shape index (κ1) is 42.9. The molecule has 270 valence electrons. The van der Waals surface area contributed by atoms with Gasteiger partial charge in [-0.05, 0) is 70.8 Å². The van der Waals surface area contributed by atoms with Crippen LogP contribution in [-0.4, -0.2) is 54.6 Å². The molecule has 0 aliphatic carbocycles. The molecular formula is C42H81N3O. The molecule has 1 atom stereocenters. The van der Waals surface area contributed by atoms with Gasteiger partial charge in [0, 0.05) is 32.6 Å². The topological polar surface area (TPSA) is 35.6 Å². The largest absolute Gasteiger partial charge is 0.355 e. The Hall–Kier alpha value is -1.13. The standard InChI is InChI=1S/C42H81N3O/c1-4-7-9-11-13-15-17-19-21-23-25-27-29-31-33-35-41(46)43-37-38-45-40-39-44(6-3)42(45)36-34-32-30-28-26-24-22-20-18-16-14-12-10-8-5-2/h19-22,42H,4-18,23-40H2,1-3H3,(H,43,46)/b21-19-,22-20-. The van der Waals surface area contributed by atoms with E-state index in [0.29, 0.717) is 12.6 Å². The van der Waals surface area contributed by atoms with Crippen LogP contribution in [0.4, 0.5) is 0 Å². The highest BCUT2D eigenvalue weighted by Gasteiger charge is 2.29. The molecule has 0 saturated carbocycles. The fraction of sp³-hybridized carbons (Fsp3) is 0.881. The Balaban J connectivity index is 1.99. The van der Waals surface area contributed by atoms with Crippen LogP contribution in [0.3, 0.4) is 0 Å². The molecule has 1 heterocycles. The van der Waals surface area contributed by atoms with Crippen LogP contribution >= 0.6 is 0 Å². The van der Waals surface area contributed by atoms with Crippen LogP contribution in [0.15, 0.2) is 24.3 Å². The van der Waals surface area contributed by atoms with Gasteiger partial charge in [-0.2, -0.15) is 0 Å². The lowest BCUT2D eigenvalue weighted by atomic mass is 10.1. The quantitative estimate of drug-likeness (QED) is 0.0560. The number of allylic oxidation sites excluding steroid dienone is 4. The van der Waals surface area contributed by atoms with Crippen LogP contribution in [0.1, 0.15) is 201 Å². The number of rotatable bonds is 34. The van der Waals surface area contributed by atoms with Crippen molar-refractivity contribution in [3.63, 3.8) is 0 Å². The number of hydrogen-bond acceptors (Lipinski definition) is 3. The molecule has 4 nitrogen and oxygen atoms in total. The van der Waals surface area contributed by atoms with E-state index < -0.39 is 0 Å². The molecule has 0 spiro atoms. The van der Waals surface area contributed by atoms with Gasteiger partial charge in [0.25, 0.3) is 0 Å². The Kier molecular flexibility index (Phi) is 31.5. The molecule has 0 aromatic heterocycles. The lowest BCUT2D eigenvalue weighted by Gasteiger charge is -2.29. The number of likely N-dealkylation sites (N-methyl/N-ethyl adjacent to an activating group) is 1. The fourth-order valence-electron chi connectivity index (χ4n) is 6.96. The second-order valence-electron chi connectivity index (χ2n) is 14.2. The summed E-state index contributed by atoms with van der Waals surface area (Å²) < 4.78 is 0. The van der Waals surface area contributed by atoms with Crippen LogP contribution < -0.4 is 5.32 Å². The SMILES string of the molecule is CCCCCCCC/C=C\CCCCCCCC(=O)NCCN1CCN(CC)C1CCCCCCC/C=C\CCCCCCCC. The van der Waals surface area contributed by atoms with Crippen molar-refractivity contribution < 1.29 is 4.79 Å². The smallest absolute Gasteiger partial charge is 0.220 e. The van der Waals surface area contributed by atoms with E-state index in [-0.39, 0.29) is 5.91 Å². The molecule has 1 saturated heterocycles. The molecule has 1 rings (SSSR count). The van der Waals surface area contributed by atoms with Crippen molar-refractivity contribution in [3.8, 4) is 0 Å². The number of nitrogens with one attached hydrogen (secondary N) is 1. The Labute approximate surface area is 289 Å². The third kappa shape index (κ3) is 25.9. The van der Waals surface area contributed by atoms with Crippen LogP contribution in [0.2, 0.25) is 0 Å². The zero-order chi connectivity index (χ0) is 33.2. The van der Waals surface area contributed by atoms with Gasteiger partial charge in [0.05, 0.1) is 6.17 Å². The molecule has 1 unspecified atom stereocenters. The number of hydrogen-bond donors (Lipinski definition) is 1. The zero-order valence-corrected chi connectivity index (χ0v) is 31.5. The molecule has 1 amide bonds. The van der Waals surface area contributed by atoms with E-state index in [4.69, 9.17) is 0 Å². The number of carbonyl (C=O) groups excluding carboxylic acids is 1. The molecule has 1 aliphatic rings. The first-order chi connectivity index (χ1) is 22.7. The second kappa shape index (κ2) is 33.8. The summed E-state index contributed by atoms with van der Waals surface area (Å²) >= 11 is 0. The number of carbonyl (C=O) groups is 1. The second-order valence-corrected chi connectivity index (χ2v) is 14.2. The summed E-state index contributed by atoms with van der Waals surface area (Å²) in [5, 5.41) is 3.22. The van der Waals surface area contributed by atoms with Gasteiger partial charge in [-0.3, -0.25) is 14.6 Å². The Bertz CT molecular complexity index is 705. The molecule has 0 bridgehead atoms. The van der Waals surface area contributed by atoms with Gasteiger partial charge >= 0.3 is 0 Å². The zero-order valence-electron chi connectivity index (χ0n) is 31.5. The van der Waals surface area contributed by atoms with E-state index in [0.717, 1.165) is 32.6 Å². The number of nitrogens with zero attached hydrogens (tertiary/aromatic N) is 2. The van der Waals surface area contributed by atoms with Crippen LogP contribution in [0, 0.1) is 0 Å². The monoisotopic (exact) mass is 644 g/mol. The van der Waals surface area contributed by atoms with Crippen molar-refractivity contribution in [3.05, 3.63) is 24.3 Å². The minimum Gasteiger partial charge on any atom is -0.355 e. The van der Waals surface area contributed by atoms with Crippen LogP contribution in [-0.2, 0) is 4.79 Å². The fourth-order valence-corrected chi connectivity index (χ4v) is 6.96. The third-order valence-corrected chi connectivity index (χ3v) is 10.0. The minimum absolute atomic E-state index is 0.248. The third-order valence-electron chi connectivity index (χ3n) is 10.0. The normalized spacial score (nSPS) is 16.0. The molecule has 46 heavy (non-hydrogen) atoms. The predicted octanol–water partition coefficient (Wildman–Crippen LogP) is 12.1. The maximum absolute atomic E-state index is 12.4. The van der Waals surface area contributed by atoms with E-state index in [1.807, 2.05) is 0 Å². The molecule has 0 radical (unpaired) electrons. The molecule has 0 aromatic rings. The highest BCUT2D eigenvalue weighted by Crippen LogP contribution is 2.20. The van der Waals surface area contributed by atoms with Gasteiger partial charge in [0.2, 0.25) is 5.91 Å². The summed E-state index contributed by atoms with van der Waals surface area (Å²) in [5.74, 6) is 0.248. The van der Waals surface area contributed by atoms with Crippen molar-refractivity contribution in [1.82, 2.24) is 15.1 Å². The van der Waals surface area contributed by atoms with E-state index in [2.05, 4.69) is 60.2 Å². The van der Waals surface area contributed by atoms with Gasteiger partial charge in [-0.25, -0.2) is 0 Å². The maximum Gasteiger partial charge on any atom is 0.220 e. The van der Waals surface area contributed by atoms with Crippen molar-refractivity contribution in [2.45, 2.75) is 207 Å². The summed E-state index contributed by atoms with van der Waals surface area (Å²) in [5.41, 5.74) is 0. The number of amides is 1. The highest BCUT2D eigenvalue weighted by molar-refractivity contribution is 5.75. The molecular weight excluding hydrogens is 562 g/mol. The molecule has 1 aliphatic heterocycles. The lowest BCUT2D eigenvalue weighted by Crippen LogP contribution is -2.42. The Morgan fingerprint density at radius 1 is 0.543 bits per heavy atom. The minimum atomic E-state index is 0.248. The van der Waals surface area contributed by atoms with E-state index >= 15 is 0 Å². The molecule has 4 heteroatoms. The number of unbranched alkanes of at least 4 members (excludes halogenated alkanes) is 22. The van der Waals surface area contributed by atoms with Gasteiger partial charge in [0.1, 0.15) is 0 Å². The van der Waals surface area contributed by atoms with Crippen molar-refractivity contribution >= 4 is 5.91 Å². The van der Waals surface area contributed by atoms with Crippen molar-refractivity contribution in [2.75, 3.05) is 32.7 Å². The van der Waals surface area contributed by atoms with Crippen molar-refractivity contribution in [1.29, 1.82) is 0 Å². The molecule has 1 N–H and O–H groups in total. The van der Waals surface area contributed by atoms with Crippen LogP contribution in [0.5, 0.6) is 0 Å². The predicted molar refractivity (Wildman–Crippen MR) is 205 cm³/mol. The lowest BCUT2D eigenvalue weighted by molar-refractivity contribution is -0.121. The van der Waals surface area contributed by atoms with Gasteiger partial charge in [-0.15, -0.1) is 0 Å². The first-order valence-corrected chi connectivity index (χ1v) is 20.8. The van der Waals surface area contributed by atoms with Crippen molar-refractivity contribution in [2.24, 2.45) is 0 Å². The maximum atomic E-state index is 12.4. The van der Waals surface area contributed by atoms with E-state index in [1.165, 1.54) is 173 Å². The summed E-state index contributed by atoms with van der Waals surface area (Å²) in [6, 6.07) is 0. The van der Waals surface area contributed by atoms with Gasteiger partial charge in [0.15, 0.2) is 0 Å². The van der Waals surface area contributed by atoms with E-state index in [1.54, 1.807) is 0 Å². The molecule has 1 fully saturated rings. The van der Waals surface area contributed by atoms with Crippen LogP contribution in [0.25, 0.3) is 0 Å². The highest BCUT2D eigenvalue weighted by atomic mass is 16.1. The molecule has 0 aromatic carbocycles. The summed E-state index contributed by atoms with van der Waals surface area (Å²) in [7, 11) is 0. The van der Waals surface area contributed by atoms with Gasteiger partial charge in [-0.1, -0.05) is 154 Å². The Morgan fingerprint density at radius 2 is 0.957 bits per heavy atom. The average Bonchev–Trinajstić information content (AvgIpc) is 3.46. The van der Waals surface area contributed by atoms with Gasteiger partial charge < -0.3 is 5.32 Å². The average molecular weight is 644 g/mol.